The Hall–Kier alpha value is -1.39. The maximum absolute atomic E-state index is 12.9. The van der Waals surface area contributed by atoms with E-state index in [0.29, 0.717) is 13.0 Å². The van der Waals surface area contributed by atoms with Gasteiger partial charge in [0, 0.05) is 6.04 Å². The van der Waals surface area contributed by atoms with Crippen molar-refractivity contribution in [3.8, 4) is 5.75 Å². The van der Waals surface area contributed by atoms with Crippen LogP contribution in [0.5, 0.6) is 5.75 Å². The van der Waals surface area contributed by atoms with Crippen LogP contribution in [0.2, 0.25) is 0 Å². The molecule has 1 atom stereocenters. The number of rotatable bonds is 6. The summed E-state index contributed by atoms with van der Waals surface area (Å²) in [6.07, 6.45) is 1.64. The molecule has 1 unspecified atom stereocenters. The van der Waals surface area contributed by atoms with Crippen LogP contribution in [0.15, 0.2) is 46.9 Å². The molecule has 2 N–H and O–H groups in total. The van der Waals surface area contributed by atoms with E-state index in [1.807, 2.05) is 18.2 Å². The molecule has 4 heteroatoms. The van der Waals surface area contributed by atoms with Crippen molar-refractivity contribution in [3.05, 3.63) is 63.9 Å². The Kier molecular flexibility index (Phi) is 5.76. The van der Waals surface area contributed by atoms with E-state index in [1.165, 1.54) is 12.1 Å². The summed E-state index contributed by atoms with van der Waals surface area (Å²) in [5.74, 6) is 0.599. The van der Waals surface area contributed by atoms with Crippen molar-refractivity contribution in [2.45, 2.75) is 25.8 Å². The van der Waals surface area contributed by atoms with E-state index in [4.69, 9.17) is 10.5 Å². The predicted octanol–water partition coefficient (Wildman–Crippen LogP) is 4.62. The Labute approximate surface area is 133 Å². The van der Waals surface area contributed by atoms with Crippen molar-refractivity contribution in [1.82, 2.24) is 0 Å². The summed E-state index contributed by atoms with van der Waals surface area (Å²) in [5, 5.41) is 0. The van der Waals surface area contributed by atoms with Crippen LogP contribution >= 0.6 is 15.9 Å². The molecule has 2 nitrogen and oxygen atoms in total. The molecule has 0 aliphatic rings. The van der Waals surface area contributed by atoms with E-state index >= 15 is 0 Å². The van der Waals surface area contributed by atoms with Gasteiger partial charge in [-0.2, -0.15) is 0 Å². The summed E-state index contributed by atoms with van der Waals surface area (Å²) in [6, 6.07) is 12.2. The van der Waals surface area contributed by atoms with Gasteiger partial charge in [0.05, 0.1) is 11.1 Å². The van der Waals surface area contributed by atoms with E-state index in [0.717, 1.165) is 27.8 Å². The maximum atomic E-state index is 12.9. The minimum atomic E-state index is -0.229. The lowest BCUT2D eigenvalue weighted by Gasteiger charge is -2.14. The number of ether oxygens (including phenoxy) is 1. The fourth-order valence-electron chi connectivity index (χ4n) is 2.07. The lowest BCUT2D eigenvalue weighted by molar-refractivity contribution is 0.315. The second kappa shape index (κ2) is 7.57. The molecule has 0 radical (unpaired) electrons. The Balaban J connectivity index is 2.06. The van der Waals surface area contributed by atoms with Gasteiger partial charge in [0.25, 0.3) is 0 Å². The quantitative estimate of drug-likeness (QED) is 0.823. The Morgan fingerprint density at radius 2 is 1.90 bits per heavy atom. The summed E-state index contributed by atoms with van der Waals surface area (Å²) in [7, 11) is 0. The molecule has 0 saturated carbocycles. The standard InChI is InChI=1S/C17H19BrFNO/c1-2-9-21-17-8-5-13(11-15(17)18)16(20)10-12-3-6-14(19)7-4-12/h3-8,11,16H,2,9-10,20H2,1H3. The molecule has 0 aliphatic carbocycles. The first-order chi connectivity index (χ1) is 10.1. The molecule has 112 valence electrons. The van der Waals surface area contributed by atoms with E-state index < -0.39 is 0 Å². The minimum Gasteiger partial charge on any atom is -0.492 e. The predicted molar refractivity (Wildman–Crippen MR) is 87.0 cm³/mol. The van der Waals surface area contributed by atoms with Gasteiger partial charge < -0.3 is 10.5 Å². The van der Waals surface area contributed by atoms with Gasteiger partial charge in [-0.3, -0.25) is 0 Å². The smallest absolute Gasteiger partial charge is 0.133 e. The highest BCUT2D eigenvalue weighted by atomic mass is 79.9. The lowest BCUT2D eigenvalue weighted by Crippen LogP contribution is -2.13. The highest BCUT2D eigenvalue weighted by Gasteiger charge is 2.10. The monoisotopic (exact) mass is 351 g/mol. The van der Waals surface area contributed by atoms with Crippen LogP contribution in [-0.2, 0) is 6.42 Å². The summed E-state index contributed by atoms with van der Waals surface area (Å²) in [6.45, 7) is 2.76. The SMILES string of the molecule is CCCOc1ccc(C(N)Cc2ccc(F)cc2)cc1Br. The highest BCUT2D eigenvalue weighted by Crippen LogP contribution is 2.29. The summed E-state index contributed by atoms with van der Waals surface area (Å²) in [5.41, 5.74) is 8.27. The lowest BCUT2D eigenvalue weighted by atomic mass is 10.00. The second-order valence-corrected chi connectivity index (χ2v) is 5.83. The average Bonchev–Trinajstić information content (AvgIpc) is 2.48. The third-order valence-corrected chi connectivity index (χ3v) is 3.83. The zero-order valence-electron chi connectivity index (χ0n) is 12.0. The van der Waals surface area contributed by atoms with Crippen LogP contribution in [-0.4, -0.2) is 6.61 Å². The van der Waals surface area contributed by atoms with Crippen LogP contribution < -0.4 is 10.5 Å². The van der Waals surface area contributed by atoms with Crippen LogP contribution in [0, 0.1) is 5.82 Å². The molecule has 0 aromatic heterocycles. The van der Waals surface area contributed by atoms with Gasteiger partial charge in [-0.15, -0.1) is 0 Å². The molecule has 0 heterocycles. The fraction of sp³-hybridized carbons (Fsp3) is 0.294. The first kappa shape index (κ1) is 16.0. The molecule has 2 aromatic rings. The molecular weight excluding hydrogens is 333 g/mol. The molecule has 0 amide bonds. The normalized spacial score (nSPS) is 12.2. The topological polar surface area (TPSA) is 35.2 Å². The van der Waals surface area contributed by atoms with E-state index in [-0.39, 0.29) is 11.9 Å². The Morgan fingerprint density at radius 1 is 1.19 bits per heavy atom. The summed E-state index contributed by atoms with van der Waals surface area (Å²) in [4.78, 5) is 0. The number of hydrogen-bond donors (Lipinski definition) is 1. The number of benzene rings is 2. The summed E-state index contributed by atoms with van der Waals surface area (Å²) < 4.78 is 19.4. The Bertz CT molecular complexity index is 586. The third kappa shape index (κ3) is 4.55. The molecule has 0 fully saturated rings. The molecule has 0 saturated heterocycles. The fourth-order valence-corrected chi connectivity index (χ4v) is 2.58. The zero-order chi connectivity index (χ0) is 15.2. The molecule has 0 bridgehead atoms. The van der Waals surface area contributed by atoms with Gasteiger partial charge in [0.2, 0.25) is 0 Å². The zero-order valence-corrected chi connectivity index (χ0v) is 13.6. The van der Waals surface area contributed by atoms with E-state index in [2.05, 4.69) is 22.9 Å². The van der Waals surface area contributed by atoms with Crippen molar-refractivity contribution in [2.75, 3.05) is 6.61 Å². The molecule has 2 aromatic carbocycles. The largest absolute Gasteiger partial charge is 0.492 e. The maximum Gasteiger partial charge on any atom is 0.133 e. The van der Waals surface area contributed by atoms with Gasteiger partial charge in [0.1, 0.15) is 11.6 Å². The van der Waals surface area contributed by atoms with Crippen molar-refractivity contribution < 1.29 is 9.13 Å². The average molecular weight is 352 g/mol. The van der Waals surface area contributed by atoms with Gasteiger partial charge in [-0.1, -0.05) is 25.1 Å². The van der Waals surface area contributed by atoms with Gasteiger partial charge in [-0.05, 0) is 64.2 Å². The third-order valence-electron chi connectivity index (χ3n) is 3.21. The van der Waals surface area contributed by atoms with E-state index in [1.54, 1.807) is 12.1 Å². The van der Waals surface area contributed by atoms with Crippen LogP contribution in [0.1, 0.15) is 30.5 Å². The summed E-state index contributed by atoms with van der Waals surface area (Å²) >= 11 is 3.51. The van der Waals surface area contributed by atoms with Crippen LogP contribution in [0.25, 0.3) is 0 Å². The molecule has 2 rings (SSSR count). The van der Waals surface area contributed by atoms with Gasteiger partial charge >= 0.3 is 0 Å². The molecule has 0 aliphatic heterocycles. The number of hydrogen-bond acceptors (Lipinski definition) is 2. The second-order valence-electron chi connectivity index (χ2n) is 4.98. The first-order valence-corrected chi connectivity index (χ1v) is 7.81. The molecule has 21 heavy (non-hydrogen) atoms. The van der Waals surface area contributed by atoms with Gasteiger partial charge in [0.15, 0.2) is 0 Å². The molecule has 0 spiro atoms. The number of halogens is 2. The van der Waals surface area contributed by atoms with Crippen molar-refractivity contribution in [3.63, 3.8) is 0 Å². The minimum absolute atomic E-state index is 0.132. The van der Waals surface area contributed by atoms with E-state index in [9.17, 15) is 4.39 Å². The van der Waals surface area contributed by atoms with Crippen molar-refractivity contribution in [2.24, 2.45) is 5.73 Å². The van der Waals surface area contributed by atoms with Crippen molar-refractivity contribution in [1.29, 1.82) is 0 Å². The number of nitrogens with two attached hydrogens (primary N) is 1. The molecular formula is C17H19BrFNO. The van der Waals surface area contributed by atoms with Crippen LogP contribution in [0.3, 0.4) is 0 Å². The van der Waals surface area contributed by atoms with Crippen LogP contribution in [0.4, 0.5) is 4.39 Å². The first-order valence-electron chi connectivity index (χ1n) is 7.02. The highest BCUT2D eigenvalue weighted by molar-refractivity contribution is 9.10. The Morgan fingerprint density at radius 3 is 2.52 bits per heavy atom. The van der Waals surface area contributed by atoms with Crippen molar-refractivity contribution >= 4 is 15.9 Å². The van der Waals surface area contributed by atoms with Gasteiger partial charge in [-0.25, -0.2) is 4.39 Å².